The molecule has 0 aliphatic rings. The van der Waals surface area contributed by atoms with Crippen molar-refractivity contribution in [2.75, 3.05) is 0 Å². The van der Waals surface area contributed by atoms with E-state index in [9.17, 15) is 8.42 Å². The SMILES string of the molecule is Cc1sc(CNC(C)C)cc1S(=O)(=O)NCc1ccno1. The molecule has 0 radical (unpaired) electrons. The van der Waals surface area contributed by atoms with E-state index in [0.29, 0.717) is 23.2 Å². The first-order valence-electron chi connectivity index (χ1n) is 6.60. The van der Waals surface area contributed by atoms with Gasteiger partial charge >= 0.3 is 0 Å². The molecule has 0 amide bonds. The molecule has 2 heterocycles. The first-order valence-corrected chi connectivity index (χ1v) is 8.90. The molecule has 8 heteroatoms. The summed E-state index contributed by atoms with van der Waals surface area (Å²) in [5.74, 6) is 0.480. The second-order valence-corrected chi connectivity index (χ2v) is 8.05. The van der Waals surface area contributed by atoms with Gasteiger partial charge in [0.05, 0.1) is 17.6 Å². The maximum atomic E-state index is 12.3. The zero-order valence-corrected chi connectivity index (χ0v) is 13.8. The van der Waals surface area contributed by atoms with Crippen LogP contribution in [-0.2, 0) is 23.1 Å². The zero-order valence-electron chi connectivity index (χ0n) is 12.2. The van der Waals surface area contributed by atoms with Gasteiger partial charge in [-0.2, -0.15) is 0 Å². The molecule has 0 fully saturated rings. The summed E-state index contributed by atoms with van der Waals surface area (Å²) in [4.78, 5) is 2.11. The number of aryl methyl sites for hydroxylation is 1. The molecule has 0 aliphatic heterocycles. The van der Waals surface area contributed by atoms with Gasteiger partial charge in [-0.05, 0) is 13.0 Å². The van der Waals surface area contributed by atoms with Gasteiger partial charge in [-0.3, -0.25) is 0 Å². The zero-order chi connectivity index (χ0) is 15.5. The smallest absolute Gasteiger partial charge is 0.242 e. The Hall–Kier alpha value is -1.22. The highest BCUT2D eigenvalue weighted by Crippen LogP contribution is 2.25. The van der Waals surface area contributed by atoms with Gasteiger partial charge in [-0.25, -0.2) is 13.1 Å². The number of thiophene rings is 1. The highest BCUT2D eigenvalue weighted by atomic mass is 32.2. The average molecular weight is 329 g/mol. The normalized spacial score (nSPS) is 12.2. The Balaban J connectivity index is 2.08. The van der Waals surface area contributed by atoms with Crippen LogP contribution in [-0.4, -0.2) is 19.6 Å². The van der Waals surface area contributed by atoms with E-state index in [1.807, 2.05) is 6.92 Å². The lowest BCUT2D eigenvalue weighted by atomic mass is 10.3. The quantitative estimate of drug-likeness (QED) is 0.812. The van der Waals surface area contributed by atoms with Crippen LogP contribution in [0.25, 0.3) is 0 Å². The molecule has 0 saturated heterocycles. The number of hydrogen-bond donors (Lipinski definition) is 2. The maximum absolute atomic E-state index is 12.3. The minimum Gasteiger partial charge on any atom is -0.360 e. The van der Waals surface area contributed by atoms with E-state index in [1.54, 1.807) is 12.1 Å². The van der Waals surface area contributed by atoms with Crippen molar-refractivity contribution in [2.24, 2.45) is 0 Å². The van der Waals surface area contributed by atoms with Crippen molar-refractivity contribution in [3.63, 3.8) is 0 Å². The molecule has 2 rings (SSSR count). The largest absolute Gasteiger partial charge is 0.360 e. The van der Waals surface area contributed by atoms with Crippen molar-refractivity contribution in [1.29, 1.82) is 0 Å². The van der Waals surface area contributed by atoms with Crippen LogP contribution in [0.5, 0.6) is 0 Å². The van der Waals surface area contributed by atoms with Gasteiger partial charge in [0.2, 0.25) is 10.0 Å². The van der Waals surface area contributed by atoms with E-state index in [2.05, 4.69) is 29.0 Å². The fraction of sp³-hybridized carbons (Fsp3) is 0.462. The van der Waals surface area contributed by atoms with Gasteiger partial charge in [-0.15, -0.1) is 11.3 Å². The lowest BCUT2D eigenvalue weighted by Crippen LogP contribution is -2.23. The molecule has 2 N–H and O–H groups in total. The lowest BCUT2D eigenvalue weighted by Gasteiger charge is -2.05. The van der Waals surface area contributed by atoms with Gasteiger partial charge in [0.25, 0.3) is 0 Å². The molecule has 0 spiro atoms. The Morgan fingerprint density at radius 3 is 2.76 bits per heavy atom. The van der Waals surface area contributed by atoms with Gasteiger partial charge in [0, 0.05) is 28.4 Å². The van der Waals surface area contributed by atoms with Gasteiger partial charge < -0.3 is 9.84 Å². The fourth-order valence-electron chi connectivity index (χ4n) is 1.76. The van der Waals surface area contributed by atoms with E-state index >= 15 is 0 Å². The number of nitrogens with zero attached hydrogens (tertiary/aromatic N) is 1. The summed E-state index contributed by atoms with van der Waals surface area (Å²) in [5.41, 5.74) is 0. The Morgan fingerprint density at radius 2 is 2.14 bits per heavy atom. The molecular weight excluding hydrogens is 310 g/mol. The van der Waals surface area contributed by atoms with Crippen LogP contribution in [0.3, 0.4) is 0 Å². The Bertz CT molecular complexity index is 676. The van der Waals surface area contributed by atoms with Gasteiger partial charge in [0.1, 0.15) is 0 Å². The van der Waals surface area contributed by atoms with Crippen LogP contribution in [0.4, 0.5) is 0 Å². The van der Waals surface area contributed by atoms with E-state index < -0.39 is 10.0 Å². The van der Waals surface area contributed by atoms with E-state index in [1.165, 1.54) is 17.5 Å². The van der Waals surface area contributed by atoms with Gasteiger partial charge in [-0.1, -0.05) is 19.0 Å². The standard InChI is InChI=1S/C13H19N3O3S2/c1-9(2)14-8-12-6-13(10(3)20-12)21(17,18)16-7-11-4-5-15-19-11/h4-6,9,14,16H,7-8H2,1-3H3. The lowest BCUT2D eigenvalue weighted by molar-refractivity contribution is 0.380. The summed E-state index contributed by atoms with van der Waals surface area (Å²) in [5, 5.41) is 6.82. The predicted molar refractivity (Wildman–Crippen MR) is 81.6 cm³/mol. The van der Waals surface area contributed by atoms with Crippen molar-refractivity contribution in [3.8, 4) is 0 Å². The summed E-state index contributed by atoms with van der Waals surface area (Å²) in [7, 11) is -3.54. The molecule has 2 aromatic heterocycles. The average Bonchev–Trinajstić information content (AvgIpc) is 3.03. The van der Waals surface area contributed by atoms with Crippen molar-refractivity contribution >= 4 is 21.4 Å². The minimum atomic E-state index is -3.54. The third-order valence-electron chi connectivity index (χ3n) is 2.82. The first-order chi connectivity index (χ1) is 9.88. The number of nitrogens with one attached hydrogen (secondary N) is 2. The van der Waals surface area contributed by atoms with E-state index in [0.717, 1.165) is 9.75 Å². The predicted octanol–water partition coefficient (Wildman–Crippen LogP) is 2.02. The van der Waals surface area contributed by atoms with Crippen LogP contribution in [0.2, 0.25) is 0 Å². The third-order valence-corrected chi connectivity index (χ3v) is 5.53. The monoisotopic (exact) mass is 329 g/mol. The van der Waals surface area contributed by atoms with E-state index in [4.69, 9.17) is 4.52 Å². The first kappa shape index (κ1) is 16.2. The number of hydrogen-bond acceptors (Lipinski definition) is 6. The Kier molecular flexibility index (Phi) is 5.15. The second-order valence-electron chi connectivity index (χ2n) is 4.97. The maximum Gasteiger partial charge on any atom is 0.242 e. The molecule has 0 bridgehead atoms. The van der Waals surface area contributed by atoms with Gasteiger partial charge in [0.15, 0.2) is 5.76 Å². The minimum absolute atomic E-state index is 0.0944. The van der Waals surface area contributed by atoms with Crippen molar-refractivity contribution in [3.05, 3.63) is 33.8 Å². The molecule has 21 heavy (non-hydrogen) atoms. The van der Waals surface area contributed by atoms with Crippen LogP contribution in [0.1, 0.15) is 29.4 Å². The number of sulfonamides is 1. The highest BCUT2D eigenvalue weighted by Gasteiger charge is 2.20. The Labute approximate surface area is 128 Å². The van der Waals surface area contributed by atoms with Crippen LogP contribution in [0.15, 0.2) is 27.7 Å². The molecule has 6 nitrogen and oxygen atoms in total. The van der Waals surface area contributed by atoms with Crippen molar-refractivity contribution in [2.45, 2.75) is 44.8 Å². The Morgan fingerprint density at radius 1 is 1.38 bits per heavy atom. The number of rotatable bonds is 7. The molecule has 0 aliphatic carbocycles. The van der Waals surface area contributed by atoms with Crippen molar-refractivity contribution in [1.82, 2.24) is 15.2 Å². The van der Waals surface area contributed by atoms with E-state index in [-0.39, 0.29) is 6.54 Å². The summed E-state index contributed by atoms with van der Waals surface area (Å²) in [6.07, 6.45) is 1.48. The van der Waals surface area contributed by atoms with Crippen molar-refractivity contribution < 1.29 is 12.9 Å². The molecule has 2 aromatic rings. The third kappa shape index (κ3) is 4.37. The van der Waals surface area contributed by atoms with Crippen LogP contribution in [0, 0.1) is 6.92 Å². The van der Waals surface area contributed by atoms with Crippen LogP contribution < -0.4 is 10.0 Å². The fourth-order valence-corrected chi connectivity index (χ4v) is 4.34. The number of aromatic nitrogens is 1. The summed E-state index contributed by atoms with van der Waals surface area (Å²) in [6, 6.07) is 3.70. The second kappa shape index (κ2) is 6.69. The van der Waals surface area contributed by atoms with Crippen LogP contribution >= 0.6 is 11.3 Å². The molecule has 0 unspecified atom stereocenters. The topological polar surface area (TPSA) is 84.2 Å². The summed E-state index contributed by atoms with van der Waals surface area (Å²) < 4.78 is 32.0. The molecule has 0 saturated carbocycles. The molecule has 0 aromatic carbocycles. The molecular formula is C13H19N3O3S2. The molecule has 0 atom stereocenters. The summed E-state index contributed by atoms with van der Waals surface area (Å²) in [6.45, 7) is 6.68. The summed E-state index contributed by atoms with van der Waals surface area (Å²) >= 11 is 1.49. The highest BCUT2D eigenvalue weighted by molar-refractivity contribution is 7.89. The molecule has 116 valence electrons.